The van der Waals surface area contributed by atoms with Gasteiger partial charge in [-0.25, -0.2) is 4.98 Å². The first-order valence-electron chi connectivity index (χ1n) is 8.39. The highest BCUT2D eigenvalue weighted by atomic mass is 79.9. The van der Waals surface area contributed by atoms with Crippen LogP contribution in [0.5, 0.6) is 5.75 Å². The Kier molecular flexibility index (Phi) is 4.35. The molecule has 0 aliphatic carbocycles. The zero-order valence-corrected chi connectivity index (χ0v) is 15.6. The topological polar surface area (TPSA) is 65.7 Å². The average molecular weight is 402 g/mol. The molecule has 3 aromatic rings. The second kappa shape index (κ2) is 6.65. The van der Waals surface area contributed by atoms with Crippen molar-refractivity contribution in [3.8, 4) is 17.0 Å². The zero-order chi connectivity index (χ0) is 17.4. The number of anilines is 1. The molecule has 6 nitrogen and oxygen atoms in total. The highest BCUT2D eigenvalue weighted by Crippen LogP contribution is 2.31. The van der Waals surface area contributed by atoms with Crippen molar-refractivity contribution in [2.45, 2.75) is 18.9 Å². The number of likely N-dealkylation sites (tertiary alicyclic amines) is 1. The number of fused-ring (bicyclic) bond motifs is 1. The molecule has 0 radical (unpaired) electrons. The average Bonchev–Trinajstić information content (AvgIpc) is 2.99. The SMILES string of the molecule is CN1CCC(Nc2cc(-c3ccccc3O)nc3c(Br)cnn23)CC1. The smallest absolute Gasteiger partial charge is 0.172 e. The van der Waals surface area contributed by atoms with Crippen LogP contribution in [0.25, 0.3) is 16.9 Å². The van der Waals surface area contributed by atoms with Crippen LogP contribution in [0.1, 0.15) is 12.8 Å². The van der Waals surface area contributed by atoms with Gasteiger partial charge in [-0.3, -0.25) is 0 Å². The number of hydrogen-bond acceptors (Lipinski definition) is 5. The van der Waals surface area contributed by atoms with Crippen LogP contribution in [0.15, 0.2) is 41.0 Å². The monoisotopic (exact) mass is 401 g/mol. The normalized spacial score (nSPS) is 16.4. The maximum Gasteiger partial charge on any atom is 0.172 e. The predicted octanol–water partition coefficient (Wildman–Crippen LogP) is 3.37. The molecule has 25 heavy (non-hydrogen) atoms. The van der Waals surface area contributed by atoms with Gasteiger partial charge < -0.3 is 15.3 Å². The first kappa shape index (κ1) is 16.4. The Morgan fingerprint density at radius 2 is 2.00 bits per heavy atom. The molecule has 0 unspecified atom stereocenters. The molecule has 2 N–H and O–H groups in total. The van der Waals surface area contributed by atoms with Gasteiger partial charge >= 0.3 is 0 Å². The van der Waals surface area contributed by atoms with E-state index in [0.717, 1.165) is 47.6 Å². The second-order valence-corrected chi connectivity index (χ2v) is 7.35. The third kappa shape index (κ3) is 3.21. The molecule has 2 aromatic heterocycles. The molecule has 3 heterocycles. The van der Waals surface area contributed by atoms with E-state index in [0.29, 0.717) is 11.6 Å². The largest absolute Gasteiger partial charge is 0.507 e. The van der Waals surface area contributed by atoms with Crippen molar-refractivity contribution >= 4 is 27.4 Å². The fraction of sp³-hybridized carbons (Fsp3) is 0.333. The summed E-state index contributed by atoms with van der Waals surface area (Å²) in [5.41, 5.74) is 2.17. The van der Waals surface area contributed by atoms with Crippen molar-refractivity contribution in [2.75, 3.05) is 25.5 Å². The molecule has 0 bridgehead atoms. The Bertz CT molecular complexity index is 902. The lowest BCUT2D eigenvalue weighted by molar-refractivity contribution is 0.263. The predicted molar refractivity (Wildman–Crippen MR) is 102 cm³/mol. The van der Waals surface area contributed by atoms with E-state index in [2.05, 4.69) is 43.3 Å². The molecule has 1 saturated heterocycles. The van der Waals surface area contributed by atoms with Crippen LogP contribution < -0.4 is 5.32 Å². The summed E-state index contributed by atoms with van der Waals surface area (Å²) >= 11 is 3.52. The molecule has 1 aliphatic rings. The van der Waals surface area contributed by atoms with E-state index in [1.165, 1.54) is 0 Å². The number of halogens is 1. The van der Waals surface area contributed by atoms with Gasteiger partial charge in [-0.05, 0) is 61.0 Å². The van der Waals surface area contributed by atoms with Crippen LogP contribution in [-0.4, -0.2) is 50.8 Å². The first-order chi connectivity index (χ1) is 12.1. The van der Waals surface area contributed by atoms with Crippen molar-refractivity contribution in [3.63, 3.8) is 0 Å². The molecule has 1 aromatic carbocycles. The minimum Gasteiger partial charge on any atom is -0.507 e. The zero-order valence-electron chi connectivity index (χ0n) is 14.0. The summed E-state index contributed by atoms with van der Waals surface area (Å²) < 4.78 is 2.64. The minimum atomic E-state index is 0.222. The van der Waals surface area contributed by atoms with Crippen LogP contribution in [0.2, 0.25) is 0 Å². The number of aromatic hydroxyl groups is 1. The Labute approximate surface area is 154 Å². The number of rotatable bonds is 3. The summed E-state index contributed by atoms with van der Waals surface area (Å²) in [4.78, 5) is 7.02. The molecule has 0 amide bonds. The summed E-state index contributed by atoms with van der Waals surface area (Å²) in [7, 11) is 2.15. The third-order valence-electron chi connectivity index (χ3n) is 4.68. The molecule has 130 valence electrons. The number of phenolic OH excluding ortho intramolecular Hbond substituents is 1. The summed E-state index contributed by atoms with van der Waals surface area (Å²) in [5, 5.41) is 18.2. The Hall–Kier alpha value is -2.12. The number of para-hydroxylation sites is 1. The number of nitrogens with zero attached hydrogens (tertiary/aromatic N) is 4. The summed E-state index contributed by atoms with van der Waals surface area (Å²) in [5.74, 6) is 1.11. The molecule has 1 fully saturated rings. The molecule has 4 rings (SSSR count). The maximum absolute atomic E-state index is 10.2. The van der Waals surface area contributed by atoms with Crippen LogP contribution in [-0.2, 0) is 0 Å². The van der Waals surface area contributed by atoms with Gasteiger partial charge in [0.05, 0.1) is 16.4 Å². The number of benzene rings is 1. The standard InChI is InChI=1S/C18H20BrN5O/c1-23-8-6-12(7-9-23)21-17-10-15(13-4-2-3-5-16(13)25)22-18-14(19)11-20-24(17)18/h2-5,10-12,21,25H,6-9H2,1H3. The van der Waals surface area contributed by atoms with Crippen LogP contribution in [0.4, 0.5) is 5.82 Å². The van der Waals surface area contributed by atoms with Crippen molar-refractivity contribution in [3.05, 3.63) is 41.0 Å². The summed E-state index contributed by atoms with van der Waals surface area (Å²) in [6, 6.07) is 9.62. The van der Waals surface area contributed by atoms with Gasteiger partial charge in [0.25, 0.3) is 0 Å². The second-order valence-electron chi connectivity index (χ2n) is 6.49. The fourth-order valence-corrected chi connectivity index (χ4v) is 3.58. The van der Waals surface area contributed by atoms with E-state index >= 15 is 0 Å². The van der Waals surface area contributed by atoms with E-state index in [1.807, 2.05) is 28.8 Å². The maximum atomic E-state index is 10.2. The van der Waals surface area contributed by atoms with Gasteiger partial charge in [0.15, 0.2) is 5.65 Å². The minimum absolute atomic E-state index is 0.222. The highest BCUT2D eigenvalue weighted by Gasteiger charge is 2.19. The van der Waals surface area contributed by atoms with Crippen LogP contribution in [0, 0.1) is 0 Å². The lowest BCUT2D eigenvalue weighted by Crippen LogP contribution is -2.37. The summed E-state index contributed by atoms with van der Waals surface area (Å²) in [6.07, 6.45) is 3.93. The molecular formula is C18H20BrN5O. The van der Waals surface area contributed by atoms with Gasteiger partial charge in [0, 0.05) is 17.7 Å². The summed E-state index contributed by atoms with van der Waals surface area (Å²) in [6.45, 7) is 2.17. The van der Waals surface area contributed by atoms with Crippen molar-refractivity contribution < 1.29 is 5.11 Å². The number of piperidine rings is 1. The van der Waals surface area contributed by atoms with E-state index in [-0.39, 0.29) is 5.75 Å². The first-order valence-corrected chi connectivity index (χ1v) is 9.19. The van der Waals surface area contributed by atoms with E-state index in [9.17, 15) is 5.11 Å². The van der Waals surface area contributed by atoms with Gasteiger partial charge in [-0.15, -0.1) is 0 Å². The van der Waals surface area contributed by atoms with Crippen LogP contribution >= 0.6 is 15.9 Å². The van der Waals surface area contributed by atoms with Gasteiger partial charge in [-0.1, -0.05) is 12.1 Å². The Morgan fingerprint density at radius 3 is 2.76 bits per heavy atom. The Morgan fingerprint density at radius 1 is 1.24 bits per heavy atom. The van der Waals surface area contributed by atoms with Gasteiger partial charge in [0.2, 0.25) is 0 Å². The lowest BCUT2D eigenvalue weighted by atomic mass is 10.1. The van der Waals surface area contributed by atoms with Crippen molar-refractivity contribution in [2.24, 2.45) is 0 Å². The van der Waals surface area contributed by atoms with E-state index in [1.54, 1.807) is 12.3 Å². The number of nitrogens with one attached hydrogen (secondary N) is 1. The van der Waals surface area contributed by atoms with Crippen molar-refractivity contribution in [1.29, 1.82) is 0 Å². The van der Waals surface area contributed by atoms with E-state index < -0.39 is 0 Å². The van der Waals surface area contributed by atoms with Crippen LogP contribution in [0.3, 0.4) is 0 Å². The number of phenols is 1. The van der Waals surface area contributed by atoms with Gasteiger partial charge in [-0.2, -0.15) is 9.61 Å². The number of hydrogen-bond donors (Lipinski definition) is 2. The van der Waals surface area contributed by atoms with Gasteiger partial charge in [0.1, 0.15) is 11.6 Å². The lowest BCUT2D eigenvalue weighted by Gasteiger charge is -2.30. The molecule has 7 heteroatoms. The molecule has 0 saturated carbocycles. The third-order valence-corrected chi connectivity index (χ3v) is 5.24. The highest BCUT2D eigenvalue weighted by molar-refractivity contribution is 9.10. The number of aromatic nitrogens is 3. The molecule has 1 aliphatic heterocycles. The van der Waals surface area contributed by atoms with Crippen molar-refractivity contribution in [1.82, 2.24) is 19.5 Å². The van der Waals surface area contributed by atoms with E-state index in [4.69, 9.17) is 0 Å². The molecule has 0 spiro atoms. The molecular weight excluding hydrogens is 382 g/mol. The Balaban J connectivity index is 1.76. The molecule has 0 atom stereocenters. The fourth-order valence-electron chi connectivity index (χ4n) is 3.23. The quantitative estimate of drug-likeness (QED) is 0.704.